The molecule has 0 aromatic carbocycles. The van der Waals surface area contributed by atoms with E-state index in [-0.39, 0.29) is 5.75 Å². The molecule has 0 saturated heterocycles. The molecule has 0 aromatic rings. The molecule has 2 fully saturated rings. The van der Waals surface area contributed by atoms with Gasteiger partial charge in [-0.2, -0.15) is 0 Å². The highest BCUT2D eigenvalue weighted by Gasteiger charge is 2.42. The van der Waals surface area contributed by atoms with Crippen LogP contribution in [-0.2, 0) is 9.05 Å². The fraction of sp³-hybridized carbons (Fsp3) is 1.00. The van der Waals surface area contributed by atoms with Crippen molar-refractivity contribution in [1.82, 2.24) is 0 Å². The number of hydrogen-bond donors (Lipinski definition) is 0. The van der Waals surface area contributed by atoms with Gasteiger partial charge in [0.05, 0.1) is 5.75 Å². The minimum Gasteiger partial charge on any atom is -0.212 e. The van der Waals surface area contributed by atoms with Crippen molar-refractivity contribution < 1.29 is 8.42 Å². The molecule has 0 amide bonds. The van der Waals surface area contributed by atoms with Crippen LogP contribution in [0.15, 0.2) is 0 Å². The zero-order chi connectivity index (χ0) is 8.77. The first-order valence-electron chi connectivity index (χ1n) is 4.47. The molecule has 0 spiro atoms. The van der Waals surface area contributed by atoms with Crippen molar-refractivity contribution in [2.75, 3.05) is 5.75 Å². The van der Waals surface area contributed by atoms with Gasteiger partial charge in [-0.05, 0) is 43.4 Å². The van der Waals surface area contributed by atoms with E-state index in [4.69, 9.17) is 10.7 Å². The Labute approximate surface area is 77.7 Å². The smallest absolute Gasteiger partial charge is 0.212 e. The Morgan fingerprint density at radius 3 is 2.50 bits per heavy atom. The molecule has 3 atom stereocenters. The summed E-state index contributed by atoms with van der Waals surface area (Å²) >= 11 is 0. The van der Waals surface area contributed by atoms with Gasteiger partial charge in [-0.1, -0.05) is 0 Å². The van der Waals surface area contributed by atoms with Crippen LogP contribution >= 0.6 is 10.7 Å². The average Bonchev–Trinajstić information content (AvgIpc) is 2.61. The molecule has 70 valence electrons. The maximum absolute atomic E-state index is 10.8. The maximum Gasteiger partial charge on any atom is 0.232 e. The first kappa shape index (κ1) is 8.82. The summed E-state index contributed by atoms with van der Waals surface area (Å²) in [4.78, 5) is 0. The van der Waals surface area contributed by atoms with Gasteiger partial charge in [0.2, 0.25) is 9.05 Å². The van der Waals surface area contributed by atoms with Gasteiger partial charge >= 0.3 is 0 Å². The second-order valence-electron chi connectivity index (χ2n) is 4.14. The molecule has 0 bridgehead atoms. The Bertz CT molecular complexity index is 273. The minimum atomic E-state index is -3.26. The van der Waals surface area contributed by atoms with Gasteiger partial charge < -0.3 is 0 Å². The molecule has 4 heteroatoms. The Hall–Kier alpha value is 0.240. The van der Waals surface area contributed by atoms with Crippen LogP contribution in [0.1, 0.15) is 25.7 Å². The summed E-state index contributed by atoms with van der Waals surface area (Å²) in [6.07, 6.45) is 4.71. The van der Waals surface area contributed by atoms with Crippen LogP contribution < -0.4 is 0 Å². The number of rotatable bonds is 2. The molecule has 0 aliphatic heterocycles. The molecule has 2 rings (SSSR count). The fourth-order valence-corrected chi connectivity index (χ4v) is 3.78. The third kappa shape index (κ3) is 2.13. The lowest BCUT2D eigenvalue weighted by Gasteiger charge is -2.19. The highest BCUT2D eigenvalue weighted by Crippen LogP contribution is 2.51. The fourth-order valence-electron chi connectivity index (χ4n) is 2.38. The highest BCUT2D eigenvalue weighted by molar-refractivity contribution is 8.13. The Kier molecular flexibility index (Phi) is 2.11. The predicted molar refractivity (Wildman–Crippen MR) is 48.6 cm³/mol. The standard InChI is InChI=1S/C8H13ClO2S/c9-12(10,11)5-6-1-2-7-4-8(7)3-6/h6-8H,1-5H2. The summed E-state index contributed by atoms with van der Waals surface area (Å²) in [5.74, 6) is 2.30. The number of hydrogen-bond acceptors (Lipinski definition) is 2. The maximum atomic E-state index is 10.8. The summed E-state index contributed by atoms with van der Waals surface area (Å²) in [5, 5.41) is 0. The van der Waals surface area contributed by atoms with E-state index in [1.54, 1.807) is 0 Å². The molecule has 0 aromatic heterocycles. The first-order valence-corrected chi connectivity index (χ1v) is 6.95. The summed E-state index contributed by atoms with van der Waals surface area (Å²) < 4.78 is 21.6. The summed E-state index contributed by atoms with van der Waals surface area (Å²) in [5.41, 5.74) is 0. The number of fused-ring (bicyclic) bond motifs is 1. The monoisotopic (exact) mass is 208 g/mol. The van der Waals surface area contributed by atoms with Crippen molar-refractivity contribution >= 4 is 19.7 Å². The van der Waals surface area contributed by atoms with Crippen LogP contribution in [-0.4, -0.2) is 14.2 Å². The van der Waals surface area contributed by atoms with Crippen molar-refractivity contribution in [3.8, 4) is 0 Å². The Balaban J connectivity index is 1.89. The van der Waals surface area contributed by atoms with E-state index in [0.717, 1.165) is 24.7 Å². The van der Waals surface area contributed by atoms with E-state index in [9.17, 15) is 8.42 Å². The Morgan fingerprint density at radius 2 is 1.92 bits per heavy atom. The molecular weight excluding hydrogens is 196 g/mol. The SMILES string of the molecule is O=S(=O)(Cl)CC1CCC2CC2C1. The zero-order valence-electron chi connectivity index (χ0n) is 6.87. The summed E-state index contributed by atoms with van der Waals surface area (Å²) in [6.45, 7) is 0. The molecule has 2 nitrogen and oxygen atoms in total. The van der Waals surface area contributed by atoms with Gasteiger partial charge in [0, 0.05) is 10.7 Å². The van der Waals surface area contributed by atoms with Crippen molar-refractivity contribution in [3.05, 3.63) is 0 Å². The molecule has 0 radical (unpaired) electrons. The summed E-state index contributed by atoms with van der Waals surface area (Å²) in [6, 6.07) is 0. The van der Waals surface area contributed by atoms with Gasteiger partial charge in [-0.15, -0.1) is 0 Å². The minimum absolute atomic E-state index is 0.192. The first-order chi connectivity index (χ1) is 5.54. The molecular formula is C8H13ClO2S. The highest BCUT2D eigenvalue weighted by atomic mass is 35.7. The van der Waals surface area contributed by atoms with Crippen molar-refractivity contribution in [2.24, 2.45) is 17.8 Å². The average molecular weight is 209 g/mol. The molecule has 3 unspecified atom stereocenters. The largest absolute Gasteiger partial charge is 0.232 e. The van der Waals surface area contributed by atoms with Crippen LogP contribution in [0, 0.1) is 17.8 Å². The van der Waals surface area contributed by atoms with E-state index in [2.05, 4.69) is 0 Å². The third-order valence-corrected chi connectivity index (χ3v) is 4.33. The summed E-state index contributed by atoms with van der Waals surface area (Å²) in [7, 11) is 1.94. The lowest BCUT2D eigenvalue weighted by Crippen LogP contribution is -2.16. The molecule has 0 N–H and O–H groups in total. The molecule has 0 heterocycles. The van der Waals surface area contributed by atoms with Crippen molar-refractivity contribution in [1.29, 1.82) is 0 Å². The lowest BCUT2D eigenvalue weighted by atomic mass is 9.91. The lowest BCUT2D eigenvalue weighted by molar-refractivity contribution is 0.369. The van der Waals surface area contributed by atoms with E-state index in [1.165, 1.54) is 12.8 Å². The molecule has 2 aliphatic rings. The second-order valence-corrected chi connectivity index (χ2v) is 6.96. The van der Waals surface area contributed by atoms with Crippen molar-refractivity contribution in [3.63, 3.8) is 0 Å². The molecule has 12 heavy (non-hydrogen) atoms. The second kappa shape index (κ2) is 2.88. The van der Waals surface area contributed by atoms with E-state index < -0.39 is 9.05 Å². The molecule has 2 saturated carbocycles. The third-order valence-electron chi connectivity index (χ3n) is 3.09. The van der Waals surface area contributed by atoms with Gasteiger partial charge in [-0.3, -0.25) is 0 Å². The van der Waals surface area contributed by atoms with Crippen molar-refractivity contribution in [2.45, 2.75) is 25.7 Å². The molecule has 2 aliphatic carbocycles. The van der Waals surface area contributed by atoms with E-state index >= 15 is 0 Å². The normalized spacial score (nSPS) is 40.6. The van der Waals surface area contributed by atoms with Gasteiger partial charge in [-0.25, -0.2) is 8.42 Å². The van der Waals surface area contributed by atoms with E-state index in [1.807, 2.05) is 0 Å². The van der Waals surface area contributed by atoms with Crippen LogP contribution in [0.25, 0.3) is 0 Å². The van der Waals surface area contributed by atoms with Gasteiger partial charge in [0.15, 0.2) is 0 Å². The van der Waals surface area contributed by atoms with Gasteiger partial charge in [0.1, 0.15) is 0 Å². The van der Waals surface area contributed by atoms with Crippen LogP contribution in [0.4, 0.5) is 0 Å². The Morgan fingerprint density at radius 1 is 1.17 bits per heavy atom. The van der Waals surface area contributed by atoms with Crippen LogP contribution in [0.3, 0.4) is 0 Å². The predicted octanol–water partition coefficient (Wildman–Crippen LogP) is 1.99. The topological polar surface area (TPSA) is 34.1 Å². The number of halogens is 1. The quantitative estimate of drug-likeness (QED) is 0.651. The van der Waals surface area contributed by atoms with E-state index in [0.29, 0.717) is 5.92 Å². The zero-order valence-corrected chi connectivity index (χ0v) is 8.44. The van der Waals surface area contributed by atoms with Crippen LogP contribution in [0.2, 0.25) is 0 Å². The van der Waals surface area contributed by atoms with Crippen LogP contribution in [0.5, 0.6) is 0 Å². The van der Waals surface area contributed by atoms with Gasteiger partial charge in [0.25, 0.3) is 0 Å².